The maximum Gasteiger partial charge on any atom is 0.501 e. The van der Waals surface area contributed by atoms with E-state index in [2.05, 4.69) is 24.7 Å². The summed E-state index contributed by atoms with van der Waals surface area (Å²) in [5.41, 5.74) is -1.86. The summed E-state index contributed by atoms with van der Waals surface area (Å²) in [6.45, 7) is 5.89. The molecule has 2 saturated heterocycles. The van der Waals surface area contributed by atoms with Crippen molar-refractivity contribution >= 4 is 73.7 Å². The molecular formula is C52H53ClF6N6O4S3. The van der Waals surface area contributed by atoms with E-state index in [1.54, 1.807) is 54.1 Å². The SMILES string of the molecule is Cc1c(C(=O)C(F)(F)F)c(-c2cccc(N3CCN(c4ccc(NSc5ccc(N[C@H](CCN6CCC(O)CC6)CSc6ccccc6)c(S(=O)(=O)C(F)(F)F)c5)cc4)CC3)c2)c(-c2ccc(Cl)cc2)n1C. The van der Waals surface area contributed by atoms with Crippen molar-refractivity contribution in [2.45, 2.75) is 64.7 Å². The highest BCUT2D eigenvalue weighted by molar-refractivity contribution is 8.00. The molecule has 1 atom stereocenters. The molecule has 0 unspecified atom stereocenters. The molecule has 0 spiro atoms. The van der Waals surface area contributed by atoms with Gasteiger partial charge in [-0.25, -0.2) is 8.42 Å². The standard InChI is InChI=1S/C52H53ClF6N6O4S3/c1-34-47(50(67)51(54,55)56)48(49(62(34)2)35-11-13-37(53)14-12-35)36-7-6-8-41(31-36)65-29-27-64(28-30-65)40-17-15-38(16-18-40)61-71-44-19-20-45(46(32-44)72(68,69)52(57,58)59)60-39(33-70-43-9-4-3-5-10-43)21-24-63-25-22-42(66)23-26-63/h3-20,31-32,39,42,60-61,66H,21-30,33H2,1-2H3/t39-/m1/s1. The van der Waals surface area contributed by atoms with Crippen LogP contribution in [0.15, 0.2) is 136 Å². The van der Waals surface area contributed by atoms with Crippen LogP contribution < -0.4 is 19.8 Å². The van der Waals surface area contributed by atoms with Gasteiger partial charge in [0.25, 0.3) is 15.6 Å². The van der Waals surface area contributed by atoms with Crippen LogP contribution in [0, 0.1) is 6.92 Å². The van der Waals surface area contributed by atoms with Crippen LogP contribution in [0.4, 0.5) is 49.1 Å². The highest BCUT2D eigenvalue weighted by Gasteiger charge is 2.48. The van der Waals surface area contributed by atoms with Crippen LogP contribution >= 0.6 is 35.3 Å². The summed E-state index contributed by atoms with van der Waals surface area (Å²) in [5.74, 6) is -1.45. The Morgan fingerprint density at radius 2 is 1.43 bits per heavy atom. The number of nitrogens with one attached hydrogen (secondary N) is 2. The molecule has 10 nitrogen and oxygen atoms in total. The number of carbonyl (C=O) groups is 1. The third kappa shape index (κ3) is 12.4. The zero-order valence-electron chi connectivity index (χ0n) is 39.3. The molecular weight excluding hydrogens is 1020 g/mol. The van der Waals surface area contributed by atoms with E-state index in [-0.39, 0.29) is 34.0 Å². The Hall–Kier alpha value is -5.31. The summed E-state index contributed by atoms with van der Waals surface area (Å²) >= 11 is 8.65. The first-order valence-corrected chi connectivity index (χ1v) is 26.9. The van der Waals surface area contributed by atoms with Crippen molar-refractivity contribution in [3.8, 4) is 22.4 Å². The number of likely N-dealkylation sites (tertiary alicyclic amines) is 1. The molecule has 5 aromatic carbocycles. The number of benzene rings is 5. The lowest BCUT2D eigenvalue weighted by atomic mass is 9.94. The van der Waals surface area contributed by atoms with Crippen LogP contribution in [-0.2, 0) is 16.9 Å². The van der Waals surface area contributed by atoms with Crippen molar-refractivity contribution in [1.29, 1.82) is 0 Å². The average molecular weight is 1070 g/mol. The fraction of sp³-hybridized carbons (Fsp3) is 0.327. The van der Waals surface area contributed by atoms with Gasteiger partial charge in [-0.3, -0.25) is 4.79 Å². The minimum atomic E-state index is -5.76. The van der Waals surface area contributed by atoms with Gasteiger partial charge >= 0.3 is 11.7 Å². The molecule has 2 aliphatic rings. The molecule has 8 rings (SSSR count). The molecule has 3 heterocycles. The summed E-state index contributed by atoms with van der Waals surface area (Å²) in [6.07, 6.45) is -3.64. The number of nitrogens with zero attached hydrogens (tertiary/aromatic N) is 4. The van der Waals surface area contributed by atoms with Gasteiger partial charge in [-0.1, -0.05) is 54.1 Å². The van der Waals surface area contributed by atoms with Crippen LogP contribution in [-0.4, -0.2) is 104 Å². The van der Waals surface area contributed by atoms with E-state index < -0.39 is 37.8 Å². The van der Waals surface area contributed by atoms with Crippen LogP contribution in [0.1, 0.15) is 35.3 Å². The van der Waals surface area contributed by atoms with E-state index in [1.165, 1.54) is 24.8 Å². The number of alkyl halides is 6. The van der Waals surface area contributed by atoms with Crippen molar-refractivity contribution in [3.05, 3.63) is 138 Å². The van der Waals surface area contributed by atoms with Gasteiger partial charge in [0.2, 0.25) is 0 Å². The fourth-order valence-electron chi connectivity index (χ4n) is 9.03. The molecule has 6 aromatic rings. The lowest BCUT2D eigenvalue weighted by molar-refractivity contribution is -0.0885. The van der Waals surface area contributed by atoms with Crippen molar-refractivity contribution in [2.75, 3.05) is 71.4 Å². The van der Waals surface area contributed by atoms with Gasteiger partial charge in [-0.2, -0.15) is 26.3 Å². The lowest BCUT2D eigenvalue weighted by Gasteiger charge is -2.37. The highest BCUT2D eigenvalue weighted by Crippen LogP contribution is 2.43. The zero-order chi connectivity index (χ0) is 51.4. The third-order valence-electron chi connectivity index (χ3n) is 13.0. The number of hydrogen-bond acceptors (Lipinski definition) is 11. The van der Waals surface area contributed by atoms with Gasteiger partial charge in [-0.05, 0) is 128 Å². The van der Waals surface area contributed by atoms with E-state index in [4.69, 9.17) is 11.6 Å². The van der Waals surface area contributed by atoms with Gasteiger partial charge in [0, 0.05) is 108 Å². The number of piperazine rings is 1. The maximum atomic E-state index is 14.2. The number of aromatic nitrogens is 1. The van der Waals surface area contributed by atoms with Crippen molar-refractivity contribution in [3.63, 3.8) is 0 Å². The molecule has 72 heavy (non-hydrogen) atoms. The molecule has 20 heteroatoms. The van der Waals surface area contributed by atoms with Gasteiger partial charge in [-0.15, -0.1) is 11.8 Å². The largest absolute Gasteiger partial charge is 0.501 e. The number of sulfone groups is 1. The number of carbonyl (C=O) groups excluding carboxylic acids is 1. The van der Waals surface area contributed by atoms with Gasteiger partial charge in [0.1, 0.15) is 4.90 Å². The minimum absolute atomic E-state index is 0.136. The topological polar surface area (TPSA) is 110 Å². The Morgan fingerprint density at radius 3 is 2.07 bits per heavy atom. The average Bonchev–Trinajstić information content (AvgIpc) is 3.63. The van der Waals surface area contributed by atoms with E-state index in [0.29, 0.717) is 98.4 Å². The second kappa shape index (κ2) is 22.4. The smallest absolute Gasteiger partial charge is 0.393 e. The summed E-state index contributed by atoms with van der Waals surface area (Å²) in [7, 11) is -4.12. The molecule has 0 radical (unpaired) electrons. The fourth-order valence-corrected chi connectivity index (χ4v) is 11.9. The number of anilines is 4. The van der Waals surface area contributed by atoms with E-state index in [1.807, 2.05) is 66.7 Å². The number of ketones is 1. The Bertz CT molecular complexity index is 2950. The lowest BCUT2D eigenvalue weighted by Crippen LogP contribution is -2.46. The quantitative estimate of drug-likeness (QED) is 0.0352. The summed E-state index contributed by atoms with van der Waals surface area (Å²) < 4.78 is 116. The number of Topliss-reactive ketones (excluding diaryl/α,β-unsaturated/α-hetero) is 1. The highest BCUT2D eigenvalue weighted by atomic mass is 35.5. The molecule has 0 saturated carbocycles. The maximum absolute atomic E-state index is 14.2. The molecule has 2 fully saturated rings. The third-order valence-corrected chi connectivity index (χ3v) is 16.8. The first kappa shape index (κ1) is 53.0. The Balaban J connectivity index is 0.937. The zero-order valence-corrected chi connectivity index (χ0v) is 42.5. The second-order valence-electron chi connectivity index (χ2n) is 17.8. The van der Waals surface area contributed by atoms with Crippen molar-refractivity contribution in [2.24, 2.45) is 7.05 Å². The van der Waals surface area contributed by atoms with E-state index >= 15 is 0 Å². The van der Waals surface area contributed by atoms with Gasteiger partial charge in [0.05, 0.1) is 23.0 Å². The number of rotatable bonds is 17. The van der Waals surface area contributed by atoms with Crippen LogP contribution in [0.25, 0.3) is 22.4 Å². The Labute approximate surface area is 428 Å². The Kier molecular flexibility index (Phi) is 16.5. The molecule has 0 bridgehead atoms. The molecule has 0 amide bonds. The number of aliphatic hydroxyl groups is 1. The first-order valence-electron chi connectivity index (χ1n) is 23.3. The predicted molar refractivity (Wildman–Crippen MR) is 277 cm³/mol. The minimum Gasteiger partial charge on any atom is -0.393 e. The predicted octanol–water partition coefficient (Wildman–Crippen LogP) is 12.2. The summed E-state index contributed by atoms with van der Waals surface area (Å²) in [4.78, 5) is 19.9. The van der Waals surface area contributed by atoms with Crippen molar-refractivity contribution in [1.82, 2.24) is 9.47 Å². The van der Waals surface area contributed by atoms with Crippen LogP contribution in [0.2, 0.25) is 5.02 Å². The number of aliphatic hydroxyl groups excluding tert-OH is 1. The Morgan fingerprint density at radius 1 is 0.778 bits per heavy atom. The normalized spacial score (nSPS) is 15.7. The van der Waals surface area contributed by atoms with Crippen LogP contribution in [0.3, 0.4) is 0 Å². The van der Waals surface area contributed by atoms with Crippen LogP contribution in [0.5, 0.6) is 0 Å². The summed E-state index contributed by atoms with van der Waals surface area (Å²) in [5, 5.41) is 13.6. The van der Waals surface area contributed by atoms with Gasteiger partial charge < -0.3 is 34.4 Å². The number of hydrogen-bond donors (Lipinski definition) is 3. The molecule has 0 aliphatic carbocycles. The number of piperidine rings is 1. The van der Waals surface area contributed by atoms with E-state index in [9.17, 15) is 44.7 Å². The molecule has 2 aliphatic heterocycles. The number of thioether (sulfide) groups is 1. The van der Waals surface area contributed by atoms with Crippen molar-refractivity contribution < 1.29 is 44.7 Å². The van der Waals surface area contributed by atoms with E-state index in [0.717, 1.165) is 34.3 Å². The molecule has 382 valence electrons. The number of halogens is 7. The molecule has 3 N–H and O–H groups in total. The first-order chi connectivity index (χ1) is 34.3. The monoisotopic (exact) mass is 1070 g/mol. The van der Waals surface area contributed by atoms with Gasteiger partial charge in [0.15, 0.2) is 0 Å². The summed E-state index contributed by atoms with van der Waals surface area (Å²) in [6, 6.07) is 34.5. The molecule has 1 aromatic heterocycles. The second-order valence-corrected chi connectivity index (χ2v) is 22.1.